The highest BCUT2D eigenvalue weighted by Crippen LogP contribution is 2.15. The molecule has 0 aliphatic carbocycles. The molecule has 0 fully saturated rings. The summed E-state index contributed by atoms with van der Waals surface area (Å²) >= 11 is 0. The fraction of sp³-hybridized carbons (Fsp3) is 0.429. The van der Waals surface area contributed by atoms with Gasteiger partial charge in [0.2, 0.25) is 0 Å². The van der Waals surface area contributed by atoms with Crippen LogP contribution in [-0.2, 0) is 9.53 Å². The Morgan fingerprint density at radius 2 is 1.71 bits per heavy atom. The number of carbonyl (C=O) groups is 2. The molecule has 0 aromatic heterocycles. The molecule has 0 spiro atoms. The van der Waals surface area contributed by atoms with Gasteiger partial charge in [-0.1, -0.05) is 0 Å². The normalized spacial score (nSPS) is 12.7. The van der Waals surface area contributed by atoms with E-state index >= 15 is 0 Å². The lowest BCUT2D eigenvalue weighted by Crippen LogP contribution is -2.42. The van der Waals surface area contributed by atoms with Gasteiger partial charge in [0.15, 0.2) is 17.5 Å². The van der Waals surface area contributed by atoms with Crippen molar-refractivity contribution in [1.82, 2.24) is 5.32 Å². The number of halogens is 3. The predicted octanol–water partition coefficient (Wildman–Crippen LogP) is 2.56. The highest BCUT2D eigenvalue weighted by molar-refractivity contribution is 5.96. The van der Waals surface area contributed by atoms with Crippen LogP contribution in [0.1, 0.15) is 38.1 Å². The lowest BCUT2D eigenvalue weighted by molar-refractivity contribution is -0.156. The van der Waals surface area contributed by atoms with Crippen molar-refractivity contribution in [2.24, 2.45) is 0 Å². The molecule has 0 aliphatic heterocycles. The van der Waals surface area contributed by atoms with E-state index in [2.05, 4.69) is 5.32 Å². The minimum absolute atomic E-state index is 0.630. The summed E-state index contributed by atoms with van der Waals surface area (Å²) in [5.74, 6) is -6.51. The molecule has 1 N–H and O–H groups in total. The zero-order valence-electron chi connectivity index (χ0n) is 12.1. The summed E-state index contributed by atoms with van der Waals surface area (Å²) in [7, 11) is 0. The molecule has 0 aliphatic rings. The molecular weight excluding hydrogens is 287 g/mol. The molecule has 21 heavy (non-hydrogen) atoms. The molecule has 0 heterocycles. The average Bonchev–Trinajstić information content (AvgIpc) is 2.33. The second-order valence-electron chi connectivity index (χ2n) is 5.45. The minimum atomic E-state index is -1.74. The van der Waals surface area contributed by atoms with E-state index in [-0.39, 0.29) is 0 Å². The van der Waals surface area contributed by atoms with Crippen LogP contribution in [0, 0.1) is 17.5 Å². The summed E-state index contributed by atoms with van der Waals surface area (Å²) in [5, 5.41) is 2.16. The summed E-state index contributed by atoms with van der Waals surface area (Å²) in [6, 6.07) is 0.361. The molecule has 1 amide bonds. The van der Waals surface area contributed by atoms with Crippen LogP contribution < -0.4 is 5.32 Å². The van der Waals surface area contributed by atoms with E-state index in [0.29, 0.717) is 6.07 Å². The Morgan fingerprint density at radius 3 is 2.24 bits per heavy atom. The molecule has 7 heteroatoms. The molecule has 0 radical (unpaired) electrons. The van der Waals surface area contributed by atoms with E-state index in [1.54, 1.807) is 20.8 Å². The molecule has 116 valence electrons. The first kappa shape index (κ1) is 17.0. The Bertz CT molecular complexity index is 567. The van der Waals surface area contributed by atoms with Gasteiger partial charge in [-0.3, -0.25) is 4.79 Å². The lowest BCUT2D eigenvalue weighted by atomic mass is 10.1. The van der Waals surface area contributed by atoms with Crippen LogP contribution in [0.15, 0.2) is 12.1 Å². The number of ether oxygens (including phenoxy) is 1. The van der Waals surface area contributed by atoms with Crippen molar-refractivity contribution in [3.8, 4) is 0 Å². The van der Waals surface area contributed by atoms with E-state index in [1.165, 1.54) is 6.92 Å². The first-order chi connectivity index (χ1) is 9.53. The first-order valence-corrected chi connectivity index (χ1v) is 6.20. The molecule has 4 nitrogen and oxygen atoms in total. The molecular formula is C14H16F3NO3. The zero-order valence-corrected chi connectivity index (χ0v) is 12.1. The van der Waals surface area contributed by atoms with E-state index in [1.807, 2.05) is 0 Å². The average molecular weight is 303 g/mol. The van der Waals surface area contributed by atoms with Crippen molar-refractivity contribution in [1.29, 1.82) is 0 Å². The van der Waals surface area contributed by atoms with Crippen molar-refractivity contribution in [3.63, 3.8) is 0 Å². The fourth-order valence-electron chi connectivity index (χ4n) is 1.42. The number of hydrogen-bond acceptors (Lipinski definition) is 3. The van der Waals surface area contributed by atoms with Crippen LogP contribution in [0.2, 0.25) is 0 Å². The molecule has 0 saturated carbocycles. The maximum absolute atomic E-state index is 13.4. The molecule has 0 unspecified atom stereocenters. The van der Waals surface area contributed by atoms with Gasteiger partial charge in [-0.25, -0.2) is 18.0 Å². The summed E-state index contributed by atoms with van der Waals surface area (Å²) in [4.78, 5) is 23.4. The van der Waals surface area contributed by atoms with Crippen LogP contribution in [-0.4, -0.2) is 23.5 Å². The molecule has 1 atom stereocenters. The Labute approximate surface area is 120 Å². The van der Waals surface area contributed by atoms with Gasteiger partial charge in [0.25, 0.3) is 5.91 Å². The third-order valence-corrected chi connectivity index (χ3v) is 2.39. The summed E-state index contributed by atoms with van der Waals surface area (Å²) < 4.78 is 44.3. The number of carbonyl (C=O) groups excluding carboxylic acids is 2. The molecule has 1 aromatic carbocycles. The minimum Gasteiger partial charge on any atom is -0.458 e. The van der Waals surface area contributed by atoms with Crippen molar-refractivity contribution in [2.75, 3.05) is 0 Å². The van der Waals surface area contributed by atoms with Crippen LogP contribution >= 0.6 is 0 Å². The molecule has 1 rings (SSSR count). The van der Waals surface area contributed by atoms with Crippen molar-refractivity contribution >= 4 is 11.9 Å². The Balaban J connectivity index is 2.82. The number of rotatable bonds is 3. The second kappa shape index (κ2) is 6.15. The highest BCUT2D eigenvalue weighted by atomic mass is 19.2. The number of benzene rings is 1. The standard InChI is InChI=1S/C14H16F3NO3/c1-7(13(20)21-14(2,3)4)18-12(19)8-5-6-9(15)11(17)10(8)16/h5-7H,1-4H3,(H,18,19)/t7-/m1/s1. The van der Waals surface area contributed by atoms with Crippen LogP contribution in [0.4, 0.5) is 13.2 Å². The van der Waals surface area contributed by atoms with Gasteiger partial charge in [-0.15, -0.1) is 0 Å². The topological polar surface area (TPSA) is 55.4 Å². The Hall–Kier alpha value is -2.05. The van der Waals surface area contributed by atoms with Crippen LogP contribution in [0.5, 0.6) is 0 Å². The van der Waals surface area contributed by atoms with Gasteiger partial charge in [0, 0.05) is 0 Å². The summed E-state index contributed by atoms with van der Waals surface area (Å²) in [5.41, 5.74) is -1.44. The maximum Gasteiger partial charge on any atom is 0.328 e. The largest absolute Gasteiger partial charge is 0.458 e. The predicted molar refractivity (Wildman–Crippen MR) is 69.1 cm³/mol. The zero-order chi connectivity index (χ0) is 16.4. The van der Waals surface area contributed by atoms with Crippen molar-refractivity contribution in [3.05, 3.63) is 35.1 Å². The van der Waals surface area contributed by atoms with Crippen molar-refractivity contribution < 1.29 is 27.5 Å². The quantitative estimate of drug-likeness (QED) is 0.689. The number of esters is 1. The number of hydrogen-bond donors (Lipinski definition) is 1. The third kappa shape index (κ3) is 4.47. The highest BCUT2D eigenvalue weighted by Gasteiger charge is 2.25. The van der Waals surface area contributed by atoms with Gasteiger partial charge in [0.1, 0.15) is 11.6 Å². The van der Waals surface area contributed by atoms with Gasteiger partial charge in [-0.05, 0) is 39.8 Å². The van der Waals surface area contributed by atoms with Gasteiger partial charge < -0.3 is 10.1 Å². The lowest BCUT2D eigenvalue weighted by Gasteiger charge is -2.22. The third-order valence-electron chi connectivity index (χ3n) is 2.39. The maximum atomic E-state index is 13.4. The monoisotopic (exact) mass is 303 g/mol. The second-order valence-corrected chi connectivity index (χ2v) is 5.45. The van der Waals surface area contributed by atoms with Crippen LogP contribution in [0.3, 0.4) is 0 Å². The van der Waals surface area contributed by atoms with E-state index < -0.39 is 46.5 Å². The Morgan fingerprint density at radius 1 is 1.14 bits per heavy atom. The first-order valence-electron chi connectivity index (χ1n) is 6.20. The smallest absolute Gasteiger partial charge is 0.328 e. The summed E-state index contributed by atoms with van der Waals surface area (Å²) in [6.45, 7) is 6.28. The van der Waals surface area contributed by atoms with E-state index in [0.717, 1.165) is 6.07 Å². The molecule has 0 bridgehead atoms. The molecule has 0 saturated heterocycles. The fourth-order valence-corrected chi connectivity index (χ4v) is 1.42. The van der Waals surface area contributed by atoms with E-state index in [9.17, 15) is 22.8 Å². The van der Waals surface area contributed by atoms with Gasteiger partial charge in [0.05, 0.1) is 5.56 Å². The SMILES string of the molecule is C[C@@H](NC(=O)c1ccc(F)c(F)c1F)C(=O)OC(C)(C)C. The van der Waals surface area contributed by atoms with Crippen LogP contribution in [0.25, 0.3) is 0 Å². The molecule has 1 aromatic rings. The van der Waals surface area contributed by atoms with Crippen molar-refractivity contribution in [2.45, 2.75) is 39.3 Å². The summed E-state index contributed by atoms with van der Waals surface area (Å²) in [6.07, 6.45) is 0. The van der Waals surface area contributed by atoms with Gasteiger partial charge in [-0.2, -0.15) is 0 Å². The van der Waals surface area contributed by atoms with E-state index in [4.69, 9.17) is 4.74 Å². The van der Waals surface area contributed by atoms with Gasteiger partial charge >= 0.3 is 5.97 Å². The number of amides is 1. The Kier molecular flexibility index (Phi) is 4.98. The number of nitrogens with one attached hydrogen (secondary N) is 1.